The van der Waals surface area contributed by atoms with E-state index in [1.807, 2.05) is 19.2 Å². The molecule has 0 radical (unpaired) electrons. The monoisotopic (exact) mass is 239 g/mol. The molecule has 1 aromatic heterocycles. The van der Waals surface area contributed by atoms with Crippen LogP contribution in [0.1, 0.15) is 25.1 Å². The van der Waals surface area contributed by atoms with Gasteiger partial charge in [0, 0.05) is 16.7 Å². The summed E-state index contributed by atoms with van der Waals surface area (Å²) >= 11 is 3.52. The van der Waals surface area contributed by atoms with Crippen molar-refractivity contribution in [1.29, 1.82) is 0 Å². The van der Waals surface area contributed by atoms with Crippen molar-refractivity contribution < 1.29 is 0 Å². The number of rotatable bonds is 2. The number of hydrogen-bond donors (Lipinski definition) is 0. The van der Waals surface area contributed by atoms with Gasteiger partial charge in [0.15, 0.2) is 0 Å². The maximum Gasteiger partial charge on any atom is 0.0373 e. The van der Waals surface area contributed by atoms with Gasteiger partial charge < -0.3 is 0 Å². The van der Waals surface area contributed by atoms with Crippen LogP contribution in [0.4, 0.5) is 0 Å². The Morgan fingerprint density at radius 3 is 2.69 bits per heavy atom. The third kappa shape index (κ3) is 3.31. The van der Waals surface area contributed by atoms with E-state index < -0.39 is 0 Å². The van der Waals surface area contributed by atoms with Crippen LogP contribution >= 0.6 is 15.9 Å². The van der Waals surface area contributed by atoms with E-state index in [-0.39, 0.29) is 0 Å². The normalized spacial score (nSPS) is 14.3. The van der Waals surface area contributed by atoms with Crippen molar-refractivity contribution in [1.82, 2.24) is 4.98 Å². The number of pyridine rings is 1. The average molecular weight is 240 g/mol. The molecule has 0 N–H and O–H groups in total. The summed E-state index contributed by atoms with van der Waals surface area (Å²) < 4.78 is 0. The molecule has 13 heavy (non-hydrogen) atoms. The summed E-state index contributed by atoms with van der Waals surface area (Å²) in [5, 5.41) is 0. The molecule has 1 rings (SSSR count). The van der Waals surface area contributed by atoms with Crippen LogP contribution in [-0.2, 0) is 0 Å². The Labute approximate surface area is 88.0 Å². The predicted octanol–water partition coefficient (Wildman–Crippen LogP) is 3.58. The van der Waals surface area contributed by atoms with Gasteiger partial charge in [0.2, 0.25) is 0 Å². The Bertz CT molecular complexity index is 298. The number of alkyl halides is 1. The number of hydrogen-bond acceptors (Lipinski definition) is 1. The highest BCUT2D eigenvalue weighted by atomic mass is 79.9. The molecule has 0 aliphatic heterocycles. The Kier molecular flexibility index (Phi) is 3.67. The number of aromatic nitrogens is 1. The minimum atomic E-state index is 0.425. The lowest BCUT2D eigenvalue weighted by molar-refractivity contribution is 1.15. The zero-order chi connectivity index (χ0) is 9.84. The fourth-order valence-electron chi connectivity index (χ4n) is 0.942. The van der Waals surface area contributed by atoms with Gasteiger partial charge in [-0.05, 0) is 32.4 Å². The van der Waals surface area contributed by atoms with Gasteiger partial charge in [-0.3, -0.25) is 4.98 Å². The summed E-state index contributed by atoms with van der Waals surface area (Å²) in [6.45, 7) is 6.22. The van der Waals surface area contributed by atoms with Crippen LogP contribution in [0.2, 0.25) is 0 Å². The number of halogens is 1. The van der Waals surface area contributed by atoms with E-state index in [0.29, 0.717) is 4.83 Å². The molecule has 0 aliphatic carbocycles. The highest BCUT2D eigenvalue weighted by molar-refractivity contribution is 9.09. The first kappa shape index (κ1) is 10.5. The standard InChI is InChI=1S/C11H14BrN/c1-8(10(3)12)6-11-5-4-9(2)13-7-11/h4-7,10H,1-3H3/b8-6+. The van der Waals surface area contributed by atoms with Gasteiger partial charge in [-0.2, -0.15) is 0 Å². The molecule has 0 aliphatic rings. The van der Waals surface area contributed by atoms with Crippen molar-refractivity contribution in [3.8, 4) is 0 Å². The van der Waals surface area contributed by atoms with E-state index in [1.165, 1.54) is 5.57 Å². The topological polar surface area (TPSA) is 12.9 Å². The molecule has 0 spiro atoms. The summed E-state index contributed by atoms with van der Waals surface area (Å²) in [6, 6.07) is 4.11. The first-order valence-electron chi connectivity index (χ1n) is 4.34. The van der Waals surface area contributed by atoms with Crippen LogP contribution in [-0.4, -0.2) is 9.81 Å². The minimum Gasteiger partial charge on any atom is -0.261 e. The van der Waals surface area contributed by atoms with Crippen LogP contribution in [0.3, 0.4) is 0 Å². The lowest BCUT2D eigenvalue weighted by atomic mass is 10.1. The molecular weight excluding hydrogens is 226 g/mol. The molecule has 1 unspecified atom stereocenters. The second-order valence-corrected chi connectivity index (χ2v) is 4.61. The van der Waals surface area contributed by atoms with E-state index >= 15 is 0 Å². The van der Waals surface area contributed by atoms with E-state index in [2.05, 4.69) is 46.9 Å². The first-order chi connectivity index (χ1) is 6.09. The van der Waals surface area contributed by atoms with Crippen LogP contribution in [0, 0.1) is 6.92 Å². The number of aryl methyl sites for hydroxylation is 1. The SMILES string of the molecule is C/C(=C\c1ccc(C)nc1)C(C)Br. The second-order valence-electron chi connectivity index (χ2n) is 3.24. The molecule has 1 nitrogen and oxygen atoms in total. The van der Waals surface area contributed by atoms with Crippen molar-refractivity contribution in [3.63, 3.8) is 0 Å². The first-order valence-corrected chi connectivity index (χ1v) is 5.26. The zero-order valence-corrected chi connectivity index (χ0v) is 9.80. The Hall–Kier alpha value is -0.630. The predicted molar refractivity (Wildman–Crippen MR) is 61.0 cm³/mol. The summed E-state index contributed by atoms with van der Waals surface area (Å²) in [5.74, 6) is 0. The van der Waals surface area contributed by atoms with Gasteiger partial charge in [-0.15, -0.1) is 0 Å². The van der Waals surface area contributed by atoms with Gasteiger partial charge in [-0.1, -0.05) is 33.6 Å². The molecule has 0 bridgehead atoms. The van der Waals surface area contributed by atoms with Crippen molar-refractivity contribution in [3.05, 3.63) is 35.2 Å². The van der Waals surface area contributed by atoms with E-state index in [1.54, 1.807) is 0 Å². The molecule has 0 saturated heterocycles. The Balaban J connectivity index is 2.85. The van der Waals surface area contributed by atoms with Crippen LogP contribution in [0.5, 0.6) is 0 Å². The minimum absolute atomic E-state index is 0.425. The second kappa shape index (κ2) is 4.56. The quantitative estimate of drug-likeness (QED) is 0.720. The molecule has 1 atom stereocenters. The van der Waals surface area contributed by atoms with Crippen molar-refractivity contribution in [2.24, 2.45) is 0 Å². The van der Waals surface area contributed by atoms with Crippen LogP contribution in [0.25, 0.3) is 6.08 Å². The lowest BCUT2D eigenvalue weighted by Crippen LogP contribution is -1.91. The van der Waals surface area contributed by atoms with Gasteiger partial charge in [0.1, 0.15) is 0 Å². The van der Waals surface area contributed by atoms with Gasteiger partial charge in [-0.25, -0.2) is 0 Å². The molecular formula is C11H14BrN. The molecule has 0 fully saturated rings. The maximum atomic E-state index is 4.23. The van der Waals surface area contributed by atoms with Gasteiger partial charge in [0.05, 0.1) is 0 Å². The largest absolute Gasteiger partial charge is 0.261 e. The summed E-state index contributed by atoms with van der Waals surface area (Å²) in [6.07, 6.45) is 4.04. The molecule has 1 aromatic rings. The zero-order valence-electron chi connectivity index (χ0n) is 8.21. The van der Waals surface area contributed by atoms with E-state index in [9.17, 15) is 0 Å². The highest BCUT2D eigenvalue weighted by Crippen LogP contribution is 2.14. The molecule has 0 saturated carbocycles. The number of allylic oxidation sites excluding steroid dienone is 1. The fourth-order valence-corrected chi connectivity index (χ4v) is 1.07. The highest BCUT2D eigenvalue weighted by Gasteiger charge is 1.97. The van der Waals surface area contributed by atoms with Crippen LogP contribution < -0.4 is 0 Å². The van der Waals surface area contributed by atoms with E-state index in [0.717, 1.165) is 11.3 Å². The molecule has 70 valence electrons. The third-order valence-electron chi connectivity index (χ3n) is 1.96. The Morgan fingerprint density at radius 2 is 2.23 bits per heavy atom. The summed E-state index contributed by atoms with van der Waals surface area (Å²) in [5.41, 5.74) is 3.53. The average Bonchev–Trinajstić information content (AvgIpc) is 2.08. The van der Waals surface area contributed by atoms with Crippen LogP contribution in [0.15, 0.2) is 23.9 Å². The maximum absolute atomic E-state index is 4.23. The summed E-state index contributed by atoms with van der Waals surface area (Å²) in [7, 11) is 0. The molecule has 1 heterocycles. The molecule has 2 heteroatoms. The fraction of sp³-hybridized carbons (Fsp3) is 0.364. The van der Waals surface area contributed by atoms with Crippen molar-refractivity contribution >= 4 is 22.0 Å². The summed E-state index contributed by atoms with van der Waals surface area (Å²) in [4.78, 5) is 4.66. The third-order valence-corrected chi connectivity index (χ3v) is 2.68. The number of nitrogens with zero attached hydrogens (tertiary/aromatic N) is 1. The lowest BCUT2D eigenvalue weighted by Gasteiger charge is -2.02. The molecule has 0 amide bonds. The van der Waals surface area contributed by atoms with Crippen molar-refractivity contribution in [2.45, 2.75) is 25.6 Å². The van der Waals surface area contributed by atoms with Gasteiger partial charge >= 0.3 is 0 Å². The van der Waals surface area contributed by atoms with Gasteiger partial charge in [0.25, 0.3) is 0 Å². The van der Waals surface area contributed by atoms with Crippen molar-refractivity contribution in [2.75, 3.05) is 0 Å². The smallest absolute Gasteiger partial charge is 0.0373 e. The molecule has 0 aromatic carbocycles. The van der Waals surface area contributed by atoms with E-state index in [4.69, 9.17) is 0 Å². The Morgan fingerprint density at radius 1 is 1.54 bits per heavy atom.